The van der Waals surface area contributed by atoms with E-state index >= 15 is 0 Å². The van der Waals surface area contributed by atoms with Gasteiger partial charge in [0.05, 0.1) is 17.1 Å². The molecule has 0 spiro atoms. The third-order valence-corrected chi connectivity index (χ3v) is 8.72. The minimum atomic E-state index is -0.908. The number of ether oxygens (including phenoxy) is 2. The first-order valence-electron chi connectivity index (χ1n) is 15.5. The Morgan fingerprint density at radius 2 is 1.57 bits per heavy atom. The Labute approximate surface area is 261 Å². The zero-order valence-corrected chi connectivity index (χ0v) is 26.5. The maximum atomic E-state index is 14.0. The van der Waals surface area contributed by atoms with Crippen molar-refractivity contribution in [3.05, 3.63) is 71.8 Å². The lowest BCUT2D eigenvalue weighted by atomic mass is 9.75. The molecule has 2 fully saturated rings. The number of amides is 3. The molecule has 2 saturated heterocycles. The lowest BCUT2D eigenvalue weighted by Crippen LogP contribution is -2.57. The summed E-state index contributed by atoms with van der Waals surface area (Å²) >= 11 is 0. The lowest BCUT2D eigenvalue weighted by Gasteiger charge is -2.32. The average molecular weight is 608 g/mol. The Kier molecular flexibility index (Phi) is 11.5. The molecule has 2 aliphatic heterocycles. The summed E-state index contributed by atoms with van der Waals surface area (Å²) < 4.78 is 23.2. The molecule has 0 saturated carbocycles. The maximum Gasteiger partial charge on any atom is 0.481 e. The van der Waals surface area contributed by atoms with Crippen LogP contribution < -0.4 is 10.6 Å². The van der Waals surface area contributed by atoms with Gasteiger partial charge in [0.2, 0.25) is 11.8 Å². The van der Waals surface area contributed by atoms with Gasteiger partial charge in [0, 0.05) is 26.7 Å². The van der Waals surface area contributed by atoms with Crippen molar-refractivity contribution in [2.75, 3.05) is 20.3 Å². The van der Waals surface area contributed by atoms with E-state index in [1.807, 2.05) is 88.4 Å². The molecular weight excluding hydrogens is 561 g/mol. The monoisotopic (exact) mass is 607 g/mol. The number of nitrogens with one attached hydrogen (secondary N) is 2. The number of rotatable bonds is 13. The summed E-state index contributed by atoms with van der Waals surface area (Å²) in [4.78, 5) is 42.2. The third kappa shape index (κ3) is 8.61. The molecule has 10 nitrogen and oxygen atoms in total. The van der Waals surface area contributed by atoms with E-state index < -0.39 is 42.4 Å². The maximum absolute atomic E-state index is 14.0. The highest BCUT2D eigenvalue weighted by atomic mass is 16.7. The number of methoxy groups -OCH3 is 1. The van der Waals surface area contributed by atoms with Gasteiger partial charge in [-0.15, -0.1) is 0 Å². The van der Waals surface area contributed by atoms with E-state index in [0.717, 1.165) is 11.1 Å². The van der Waals surface area contributed by atoms with Gasteiger partial charge < -0.3 is 34.3 Å². The van der Waals surface area contributed by atoms with Crippen molar-refractivity contribution in [2.45, 2.75) is 95.6 Å². The zero-order chi connectivity index (χ0) is 31.7. The van der Waals surface area contributed by atoms with Crippen LogP contribution in [0, 0.1) is 0 Å². The second-order valence-corrected chi connectivity index (χ2v) is 12.5. The number of hydrogen-bond acceptors (Lipinski definition) is 7. The average Bonchev–Trinajstić information content (AvgIpc) is 3.57. The fourth-order valence-electron chi connectivity index (χ4n) is 5.52. The van der Waals surface area contributed by atoms with E-state index in [-0.39, 0.29) is 24.8 Å². The van der Waals surface area contributed by atoms with Crippen molar-refractivity contribution in [3.63, 3.8) is 0 Å². The lowest BCUT2D eigenvalue weighted by molar-refractivity contribution is -0.140. The van der Waals surface area contributed by atoms with Crippen LogP contribution in [0.3, 0.4) is 0 Å². The molecular formula is C33H46BN3O7. The number of benzene rings is 2. The van der Waals surface area contributed by atoms with Crippen molar-refractivity contribution < 1.29 is 33.2 Å². The first-order valence-corrected chi connectivity index (χ1v) is 15.5. The Hall–Kier alpha value is -3.41. The normalized spacial score (nSPS) is 20.2. The minimum absolute atomic E-state index is 0.0804. The van der Waals surface area contributed by atoms with E-state index in [9.17, 15) is 14.4 Å². The van der Waals surface area contributed by atoms with E-state index in [1.54, 1.807) is 12.0 Å². The number of carbonyl (C=O) groups excluding carboxylic acids is 3. The summed E-state index contributed by atoms with van der Waals surface area (Å²) in [6.45, 7) is 8.93. The van der Waals surface area contributed by atoms with Crippen LogP contribution in [-0.4, -0.2) is 79.4 Å². The second kappa shape index (κ2) is 15.1. The fraction of sp³-hybridized carbons (Fsp3) is 0.545. The Morgan fingerprint density at radius 1 is 0.955 bits per heavy atom. The number of alkyl carbamates (subject to hydrolysis) is 1. The van der Waals surface area contributed by atoms with Crippen LogP contribution in [0.5, 0.6) is 0 Å². The van der Waals surface area contributed by atoms with Gasteiger partial charge in [-0.1, -0.05) is 60.7 Å². The highest BCUT2D eigenvalue weighted by molar-refractivity contribution is 6.48. The van der Waals surface area contributed by atoms with E-state index in [0.29, 0.717) is 38.8 Å². The van der Waals surface area contributed by atoms with Crippen LogP contribution in [-0.2, 0) is 41.4 Å². The molecule has 2 unspecified atom stereocenters. The van der Waals surface area contributed by atoms with Gasteiger partial charge in [0.25, 0.3) is 0 Å². The van der Waals surface area contributed by atoms with Crippen LogP contribution in [0.2, 0.25) is 0 Å². The van der Waals surface area contributed by atoms with E-state index in [4.69, 9.17) is 18.8 Å². The highest BCUT2D eigenvalue weighted by Crippen LogP contribution is 2.38. The summed E-state index contributed by atoms with van der Waals surface area (Å²) in [6.07, 6.45) is 2.05. The standard InChI is InChI=1S/C33H46BN3O7/c1-32(2)33(3,4)44-34(43-32)28(19-13-21-41-5)36-29(38)27-18-12-20-37(27)30(39)26(22-24-14-8-6-9-15-24)35-31(40)42-23-25-16-10-7-11-17-25/h6-11,14-17,26-28H,12-13,18-23H2,1-5H3,(H,35,40)(H,36,38)/t26?,27-,28?/m0/s1. The van der Waals surface area contributed by atoms with Crippen LogP contribution in [0.1, 0.15) is 64.5 Å². The number of nitrogens with zero attached hydrogens (tertiary/aromatic N) is 1. The van der Waals surface area contributed by atoms with Gasteiger partial charge in [-0.25, -0.2) is 4.79 Å². The predicted molar refractivity (Wildman–Crippen MR) is 168 cm³/mol. The van der Waals surface area contributed by atoms with Crippen LogP contribution >= 0.6 is 0 Å². The summed E-state index contributed by atoms with van der Waals surface area (Å²) in [5.74, 6) is -1.02. The topological polar surface area (TPSA) is 115 Å². The van der Waals surface area contributed by atoms with Gasteiger partial charge in [-0.2, -0.15) is 0 Å². The first kappa shape index (κ1) is 33.5. The minimum Gasteiger partial charge on any atom is -0.445 e. The number of hydrogen-bond donors (Lipinski definition) is 2. The SMILES string of the molecule is COCCCC(NC(=O)[C@@H]1CCCN1C(=O)C(Cc1ccccc1)NC(=O)OCc1ccccc1)B1OC(C)(C)C(C)(C)O1. The first-order chi connectivity index (χ1) is 21.0. The summed E-state index contributed by atoms with van der Waals surface area (Å²) in [6, 6.07) is 17.2. The molecule has 2 aromatic carbocycles. The van der Waals surface area contributed by atoms with Crippen LogP contribution in [0.4, 0.5) is 4.79 Å². The molecule has 0 aromatic heterocycles. The van der Waals surface area contributed by atoms with Gasteiger partial charge >= 0.3 is 13.2 Å². The van der Waals surface area contributed by atoms with E-state index in [1.165, 1.54) is 0 Å². The van der Waals surface area contributed by atoms with Crippen molar-refractivity contribution in [1.82, 2.24) is 15.5 Å². The summed E-state index contributed by atoms with van der Waals surface area (Å²) in [5, 5.41) is 5.91. The van der Waals surface area contributed by atoms with Gasteiger partial charge in [-0.3, -0.25) is 9.59 Å². The Bertz CT molecular complexity index is 1230. The van der Waals surface area contributed by atoms with Crippen molar-refractivity contribution >= 4 is 25.0 Å². The quantitative estimate of drug-likeness (QED) is 0.261. The van der Waals surface area contributed by atoms with Gasteiger partial charge in [0.15, 0.2) is 0 Å². The Morgan fingerprint density at radius 3 is 2.18 bits per heavy atom. The second-order valence-electron chi connectivity index (χ2n) is 12.5. The number of likely N-dealkylation sites (tertiary alicyclic amines) is 1. The van der Waals surface area contributed by atoms with Gasteiger partial charge in [0.1, 0.15) is 18.7 Å². The molecule has 2 N–H and O–H groups in total. The summed E-state index contributed by atoms with van der Waals surface area (Å²) in [7, 11) is 1.00. The van der Waals surface area contributed by atoms with Crippen molar-refractivity contribution in [2.24, 2.45) is 0 Å². The molecule has 4 rings (SSSR count). The van der Waals surface area contributed by atoms with Crippen LogP contribution in [0.25, 0.3) is 0 Å². The van der Waals surface area contributed by atoms with Crippen molar-refractivity contribution in [3.8, 4) is 0 Å². The highest BCUT2D eigenvalue weighted by Gasteiger charge is 2.54. The molecule has 44 heavy (non-hydrogen) atoms. The van der Waals surface area contributed by atoms with Crippen LogP contribution in [0.15, 0.2) is 60.7 Å². The molecule has 3 atom stereocenters. The zero-order valence-electron chi connectivity index (χ0n) is 26.5. The number of carbonyl (C=O) groups is 3. The summed E-state index contributed by atoms with van der Waals surface area (Å²) in [5.41, 5.74) is 0.617. The molecule has 0 bridgehead atoms. The smallest absolute Gasteiger partial charge is 0.445 e. The largest absolute Gasteiger partial charge is 0.481 e. The molecule has 2 aliphatic rings. The van der Waals surface area contributed by atoms with E-state index in [2.05, 4.69) is 10.6 Å². The molecule has 2 aromatic rings. The molecule has 0 radical (unpaired) electrons. The molecule has 2 heterocycles. The fourth-order valence-corrected chi connectivity index (χ4v) is 5.52. The molecule has 3 amide bonds. The Balaban J connectivity index is 1.46. The third-order valence-electron chi connectivity index (χ3n) is 8.72. The van der Waals surface area contributed by atoms with Gasteiger partial charge in [-0.05, 0) is 64.5 Å². The van der Waals surface area contributed by atoms with Crippen molar-refractivity contribution in [1.29, 1.82) is 0 Å². The predicted octanol–water partition coefficient (Wildman–Crippen LogP) is 4.06. The molecule has 238 valence electrons. The molecule has 0 aliphatic carbocycles. The molecule has 11 heteroatoms.